The number of rotatable bonds is 6. The van der Waals surface area contributed by atoms with Crippen LogP contribution in [0, 0.1) is 5.92 Å². The van der Waals surface area contributed by atoms with Crippen molar-refractivity contribution in [2.24, 2.45) is 5.92 Å². The average molecular weight is 368 g/mol. The number of pyridine rings is 1. The lowest BCUT2D eigenvalue weighted by atomic mass is 9.85. The molecule has 2 aromatic heterocycles. The van der Waals surface area contributed by atoms with Gasteiger partial charge in [0.05, 0.1) is 6.61 Å². The third-order valence-electron chi connectivity index (χ3n) is 5.86. The second-order valence-electron chi connectivity index (χ2n) is 7.59. The van der Waals surface area contributed by atoms with Crippen molar-refractivity contribution in [3.8, 4) is 5.88 Å². The number of carbonyl (C=O) groups excluding carboxylic acids is 1. The number of aromatic nitrogens is 3. The highest BCUT2D eigenvalue weighted by molar-refractivity contribution is 5.96. The summed E-state index contributed by atoms with van der Waals surface area (Å²) >= 11 is 0. The number of likely N-dealkylation sites (tertiary alicyclic amines) is 1. The first kappa shape index (κ1) is 18.0. The predicted octanol–water partition coefficient (Wildman–Crippen LogP) is 3.50. The Hall–Kier alpha value is -2.37. The molecule has 3 heterocycles. The molecular formula is C21H28N4O2. The molecule has 6 heteroatoms. The minimum Gasteiger partial charge on any atom is -0.477 e. The molecule has 0 aromatic carbocycles. The normalized spacial score (nSPS) is 18.3. The topological polar surface area (TPSA) is 60.2 Å². The van der Waals surface area contributed by atoms with Crippen molar-refractivity contribution in [3.05, 3.63) is 42.1 Å². The van der Waals surface area contributed by atoms with Gasteiger partial charge in [0, 0.05) is 44.1 Å². The van der Waals surface area contributed by atoms with Crippen molar-refractivity contribution in [3.63, 3.8) is 0 Å². The molecule has 6 nitrogen and oxygen atoms in total. The van der Waals surface area contributed by atoms with E-state index in [-0.39, 0.29) is 5.91 Å². The Labute approximate surface area is 160 Å². The van der Waals surface area contributed by atoms with Crippen molar-refractivity contribution in [1.29, 1.82) is 0 Å². The zero-order valence-electron chi connectivity index (χ0n) is 16.0. The van der Waals surface area contributed by atoms with Gasteiger partial charge in [-0.15, -0.1) is 0 Å². The highest BCUT2D eigenvalue weighted by Crippen LogP contribution is 2.32. The first-order valence-corrected chi connectivity index (χ1v) is 10.1. The molecule has 2 aliphatic rings. The fourth-order valence-electron chi connectivity index (χ4n) is 4.10. The summed E-state index contributed by atoms with van der Waals surface area (Å²) < 4.78 is 7.87. The molecule has 1 aliphatic heterocycles. The summed E-state index contributed by atoms with van der Waals surface area (Å²) in [5.41, 5.74) is 0.560. The first-order valence-electron chi connectivity index (χ1n) is 10.1. The van der Waals surface area contributed by atoms with Gasteiger partial charge < -0.3 is 14.2 Å². The molecule has 1 saturated carbocycles. The fraction of sp³-hybridized carbons (Fsp3) is 0.571. The molecule has 2 aromatic rings. The Bertz CT molecular complexity index is 776. The van der Waals surface area contributed by atoms with Crippen molar-refractivity contribution >= 4 is 5.91 Å². The molecule has 27 heavy (non-hydrogen) atoms. The van der Waals surface area contributed by atoms with Gasteiger partial charge in [-0.2, -0.15) is 0 Å². The van der Waals surface area contributed by atoms with Crippen LogP contribution in [0.2, 0.25) is 0 Å². The average Bonchev–Trinajstić information content (AvgIpc) is 3.13. The summed E-state index contributed by atoms with van der Waals surface area (Å²) in [6.07, 6.45) is 11.7. The number of nitrogens with zero attached hydrogens (tertiary/aromatic N) is 4. The van der Waals surface area contributed by atoms with Crippen molar-refractivity contribution < 1.29 is 9.53 Å². The van der Waals surface area contributed by atoms with Gasteiger partial charge >= 0.3 is 0 Å². The minimum absolute atomic E-state index is 0.0165. The molecule has 1 saturated heterocycles. The number of imidazole rings is 1. The SMILES string of the molecule is CCOc1ncccc1C(=O)N1CCC(c2nccn2CC2CCC2)CC1. The summed E-state index contributed by atoms with van der Waals surface area (Å²) in [5, 5.41) is 0. The number of amides is 1. The molecule has 0 atom stereocenters. The van der Waals surface area contributed by atoms with Crippen molar-refractivity contribution in [1.82, 2.24) is 19.4 Å². The van der Waals surface area contributed by atoms with Crippen molar-refractivity contribution in [2.75, 3.05) is 19.7 Å². The number of ether oxygens (including phenoxy) is 1. The number of hydrogen-bond donors (Lipinski definition) is 0. The van der Waals surface area contributed by atoms with Crippen LogP contribution >= 0.6 is 0 Å². The molecule has 1 amide bonds. The first-order chi connectivity index (χ1) is 13.3. The van der Waals surface area contributed by atoms with Gasteiger partial charge in [0.1, 0.15) is 11.4 Å². The van der Waals surface area contributed by atoms with Crippen LogP contribution in [0.25, 0.3) is 0 Å². The molecule has 1 aliphatic carbocycles. The van der Waals surface area contributed by atoms with Crippen molar-refractivity contribution in [2.45, 2.75) is 51.5 Å². The van der Waals surface area contributed by atoms with E-state index >= 15 is 0 Å². The van der Waals surface area contributed by atoms with Gasteiger partial charge in [0.15, 0.2) is 0 Å². The van der Waals surface area contributed by atoms with E-state index in [9.17, 15) is 4.79 Å². The van der Waals surface area contributed by atoms with E-state index < -0.39 is 0 Å². The van der Waals surface area contributed by atoms with E-state index in [2.05, 4.69) is 20.7 Å². The largest absolute Gasteiger partial charge is 0.477 e. The molecule has 2 fully saturated rings. The molecule has 0 N–H and O–H groups in total. The number of hydrogen-bond acceptors (Lipinski definition) is 4. The van der Waals surface area contributed by atoms with Crippen LogP contribution in [0.3, 0.4) is 0 Å². The zero-order chi connectivity index (χ0) is 18.6. The van der Waals surface area contributed by atoms with Gasteiger partial charge in [-0.1, -0.05) is 6.42 Å². The highest BCUT2D eigenvalue weighted by Gasteiger charge is 2.29. The lowest BCUT2D eigenvalue weighted by Gasteiger charge is -2.33. The van der Waals surface area contributed by atoms with Crippen LogP contribution in [0.1, 0.15) is 61.1 Å². The van der Waals surface area contributed by atoms with E-state index in [1.165, 1.54) is 25.1 Å². The Kier molecular flexibility index (Phi) is 5.41. The maximum absolute atomic E-state index is 12.9. The Balaban J connectivity index is 1.39. The lowest BCUT2D eigenvalue weighted by Crippen LogP contribution is -2.38. The van der Waals surface area contributed by atoms with Gasteiger partial charge in [-0.25, -0.2) is 9.97 Å². The molecular weight excluding hydrogens is 340 g/mol. The Morgan fingerprint density at radius 1 is 1.19 bits per heavy atom. The summed E-state index contributed by atoms with van der Waals surface area (Å²) in [7, 11) is 0. The quantitative estimate of drug-likeness (QED) is 0.783. The predicted molar refractivity (Wildman–Crippen MR) is 103 cm³/mol. The van der Waals surface area contributed by atoms with E-state index in [1.54, 1.807) is 18.3 Å². The van der Waals surface area contributed by atoms with Gasteiger partial charge in [0.2, 0.25) is 5.88 Å². The number of carbonyl (C=O) groups is 1. The van der Waals surface area contributed by atoms with Crippen LogP contribution in [-0.4, -0.2) is 45.0 Å². The fourth-order valence-corrected chi connectivity index (χ4v) is 4.10. The lowest BCUT2D eigenvalue weighted by molar-refractivity contribution is 0.0704. The Morgan fingerprint density at radius 2 is 2.00 bits per heavy atom. The summed E-state index contributed by atoms with van der Waals surface area (Å²) in [4.78, 5) is 23.7. The summed E-state index contributed by atoms with van der Waals surface area (Å²) in [6.45, 7) is 5.01. The van der Waals surface area contributed by atoms with Gasteiger partial charge in [-0.05, 0) is 50.7 Å². The molecule has 0 radical (unpaired) electrons. The summed E-state index contributed by atoms with van der Waals surface area (Å²) in [5.74, 6) is 2.91. The molecule has 144 valence electrons. The molecule has 0 spiro atoms. The van der Waals surface area contributed by atoms with Gasteiger partial charge in [0.25, 0.3) is 5.91 Å². The standard InChI is InChI=1S/C21H28N4O2/c1-2-27-20-18(7-4-10-23-20)21(26)24-12-8-17(9-13-24)19-22-11-14-25(19)15-16-5-3-6-16/h4,7,10-11,14,16-17H,2-3,5-6,8-9,12-13,15H2,1H3. The van der Waals surface area contributed by atoms with E-state index in [0.29, 0.717) is 24.0 Å². The van der Waals surface area contributed by atoms with Crippen LogP contribution < -0.4 is 4.74 Å². The second kappa shape index (κ2) is 8.11. The monoisotopic (exact) mass is 368 g/mol. The van der Waals surface area contributed by atoms with Crippen LogP contribution in [0.15, 0.2) is 30.7 Å². The van der Waals surface area contributed by atoms with Crippen LogP contribution in [0.5, 0.6) is 5.88 Å². The third kappa shape index (κ3) is 3.84. The Morgan fingerprint density at radius 3 is 2.70 bits per heavy atom. The zero-order valence-corrected chi connectivity index (χ0v) is 16.0. The van der Waals surface area contributed by atoms with Crippen LogP contribution in [-0.2, 0) is 6.54 Å². The van der Waals surface area contributed by atoms with E-state index in [0.717, 1.165) is 38.4 Å². The highest BCUT2D eigenvalue weighted by atomic mass is 16.5. The van der Waals surface area contributed by atoms with E-state index in [1.807, 2.05) is 18.0 Å². The summed E-state index contributed by atoms with van der Waals surface area (Å²) in [6, 6.07) is 3.59. The molecule has 0 unspecified atom stereocenters. The second-order valence-corrected chi connectivity index (χ2v) is 7.59. The van der Waals surface area contributed by atoms with Crippen LogP contribution in [0.4, 0.5) is 0 Å². The van der Waals surface area contributed by atoms with Gasteiger partial charge in [-0.3, -0.25) is 4.79 Å². The number of piperidine rings is 1. The third-order valence-corrected chi connectivity index (χ3v) is 5.86. The molecule has 0 bridgehead atoms. The smallest absolute Gasteiger partial charge is 0.259 e. The maximum atomic E-state index is 12.9. The minimum atomic E-state index is 0.0165. The molecule has 4 rings (SSSR count). The maximum Gasteiger partial charge on any atom is 0.259 e. The van der Waals surface area contributed by atoms with E-state index in [4.69, 9.17) is 4.74 Å².